The van der Waals surface area contributed by atoms with Gasteiger partial charge in [-0.2, -0.15) is 0 Å². The minimum atomic E-state index is -0.983. The van der Waals surface area contributed by atoms with Crippen LogP contribution in [0.4, 0.5) is 0 Å². The van der Waals surface area contributed by atoms with Crippen molar-refractivity contribution < 1.29 is 9.90 Å². The summed E-state index contributed by atoms with van der Waals surface area (Å²) in [5, 5.41) is 9.10. The second kappa shape index (κ2) is 4.53. The van der Waals surface area contributed by atoms with Crippen LogP contribution in [0.2, 0.25) is 5.02 Å². The fraction of sp³-hybridized carbons (Fsp3) is 0.222. The average Bonchev–Trinajstić information content (AvgIpc) is 2.08. The maximum Gasteiger partial charge on any atom is 0.337 e. The van der Waals surface area contributed by atoms with E-state index >= 15 is 0 Å². The van der Waals surface area contributed by atoms with Gasteiger partial charge in [0.05, 0.1) is 10.6 Å². The molecule has 0 aliphatic heterocycles. The number of carbonyl (C=O) groups is 1. The number of aromatic carboxylic acids is 1. The first-order valence-corrected chi connectivity index (χ1v) is 5.17. The quantitative estimate of drug-likeness (QED) is 0.789. The first-order valence-electron chi connectivity index (χ1n) is 3.81. The molecule has 1 aromatic rings. The van der Waals surface area contributed by atoms with Crippen LogP contribution in [0.15, 0.2) is 23.1 Å². The van der Waals surface area contributed by atoms with Crippen LogP contribution in [0.25, 0.3) is 0 Å². The monoisotopic (exact) mass is 216 g/mol. The third kappa shape index (κ3) is 2.39. The zero-order valence-electron chi connectivity index (χ0n) is 7.08. The predicted octanol–water partition coefficient (Wildman–Crippen LogP) is 3.15. The van der Waals surface area contributed by atoms with Crippen LogP contribution < -0.4 is 0 Å². The molecule has 0 aliphatic rings. The van der Waals surface area contributed by atoms with Crippen molar-refractivity contribution in [3.63, 3.8) is 0 Å². The summed E-state index contributed by atoms with van der Waals surface area (Å²) in [6.07, 6.45) is 0. The molecule has 1 aromatic carbocycles. The van der Waals surface area contributed by atoms with Crippen LogP contribution in [0.5, 0.6) is 0 Å². The molecule has 2 nitrogen and oxygen atoms in total. The molecule has 0 atom stereocenters. The zero-order valence-corrected chi connectivity index (χ0v) is 8.65. The number of halogens is 1. The first kappa shape index (κ1) is 10.4. The van der Waals surface area contributed by atoms with Gasteiger partial charge >= 0.3 is 5.97 Å². The van der Waals surface area contributed by atoms with Crippen LogP contribution in [-0.2, 0) is 0 Å². The summed E-state index contributed by atoms with van der Waals surface area (Å²) in [4.78, 5) is 11.5. The Kier molecular flexibility index (Phi) is 3.63. The van der Waals surface area contributed by atoms with Crippen LogP contribution >= 0.6 is 23.4 Å². The molecule has 0 bridgehead atoms. The topological polar surface area (TPSA) is 37.3 Å². The molecule has 0 saturated heterocycles. The second-order valence-electron chi connectivity index (χ2n) is 2.36. The van der Waals surface area contributed by atoms with E-state index in [2.05, 4.69) is 0 Å². The smallest absolute Gasteiger partial charge is 0.337 e. The number of carboxylic acids is 1. The summed E-state index contributed by atoms with van der Waals surface area (Å²) in [5.41, 5.74) is 0.167. The molecule has 0 aliphatic carbocycles. The second-order valence-corrected chi connectivity index (χ2v) is 4.04. The van der Waals surface area contributed by atoms with Crippen LogP contribution in [0.3, 0.4) is 0 Å². The largest absolute Gasteiger partial charge is 0.478 e. The summed E-state index contributed by atoms with van der Waals surface area (Å²) in [5.74, 6) is -0.105. The van der Waals surface area contributed by atoms with Gasteiger partial charge in [0.25, 0.3) is 0 Å². The van der Waals surface area contributed by atoms with Gasteiger partial charge in [0.15, 0.2) is 0 Å². The van der Waals surface area contributed by atoms with Gasteiger partial charge in [-0.3, -0.25) is 0 Å². The molecule has 1 rings (SSSR count). The number of rotatable bonds is 3. The third-order valence-corrected chi connectivity index (χ3v) is 2.95. The Labute approximate surface area is 85.9 Å². The molecule has 1 N–H and O–H groups in total. The highest BCUT2D eigenvalue weighted by atomic mass is 35.5. The van der Waals surface area contributed by atoms with Crippen molar-refractivity contribution in [2.75, 3.05) is 5.75 Å². The van der Waals surface area contributed by atoms with Crippen molar-refractivity contribution in [3.8, 4) is 0 Å². The Morgan fingerprint density at radius 2 is 2.31 bits per heavy atom. The highest BCUT2D eigenvalue weighted by Gasteiger charge is 2.11. The molecule has 0 amide bonds. The molecule has 70 valence electrons. The third-order valence-electron chi connectivity index (χ3n) is 1.49. The Balaban J connectivity index is 3.10. The van der Waals surface area contributed by atoms with Gasteiger partial charge in [0.2, 0.25) is 0 Å². The molecule has 0 heterocycles. The minimum Gasteiger partial charge on any atom is -0.478 e. The van der Waals surface area contributed by atoms with Gasteiger partial charge in [-0.15, -0.1) is 11.8 Å². The van der Waals surface area contributed by atoms with E-state index in [1.807, 2.05) is 13.0 Å². The van der Waals surface area contributed by atoms with E-state index in [0.29, 0.717) is 5.02 Å². The van der Waals surface area contributed by atoms with Gasteiger partial charge < -0.3 is 5.11 Å². The van der Waals surface area contributed by atoms with Crippen molar-refractivity contribution in [1.82, 2.24) is 0 Å². The molecule has 0 saturated carbocycles. The molecule has 0 aromatic heterocycles. The van der Waals surface area contributed by atoms with E-state index < -0.39 is 5.97 Å². The fourth-order valence-electron chi connectivity index (χ4n) is 0.943. The zero-order chi connectivity index (χ0) is 9.84. The van der Waals surface area contributed by atoms with Gasteiger partial charge in [-0.05, 0) is 17.9 Å². The summed E-state index contributed by atoms with van der Waals surface area (Å²) >= 11 is 7.42. The van der Waals surface area contributed by atoms with Crippen molar-refractivity contribution in [3.05, 3.63) is 28.8 Å². The van der Waals surface area contributed by atoms with Gasteiger partial charge in [0, 0.05) is 4.90 Å². The molecular formula is C9H9ClO2S. The summed E-state index contributed by atoms with van der Waals surface area (Å²) in [6.45, 7) is 1.99. The van der Waals surface area contributed by atoms with Gasteiger partial charge in [0.1, 0.15) is 0 Å². The highest BCUT2D eigenvalue weighted by molar-refractivity contribution is 7.99. The SMILES string of the molecule is CCSc1cccc(C(=O)O)c1Cl. The number of hydrogen-bond acceptors (Lipinski definition) is 2. The van der Waals surface area contributed by atoms with E-state index in [-0.39, 0.29) is 5.56 Å². The summed E-state index contributed by atoms with van der Waals surface area (Å²) in [7, 11) is 0. The van der Waals surface area contributed by atoms with E-state index in [0.717, 1.165) is 10.6 Å². The van der Waals surface area contributed by atoms with Gasteiger partial charge in [-0.1, -0.05) is 24.6 Å². The molecule has 4 heteroatoms. The van der Waals surface area contributed by atoms with E-state index in [4.69, 9.17) is 16.7 Å². The number of hydrogen-bond donors (Lipinski definition) is 1. The number of carboxylic acid groups (broad SMARTS) is 1. The number of benzene rings is 1. The number of thioether (sulfide) groups is 1. The molecule has 13 heavy (non-hydrogen) atoms. The highest BCUT2D eigenvalue weighted by Crippen LogP contribution is 2.29. The summed E-state index contributed by atoms with van der Waals surface area (Å²) < 4.78 is 0. The van der Waals surface area contributed by atoms with Crippen molar-refractivity contribution >= 4 is 29.3 Å². The fourth-order valence-corrected chi connectivity index (χ4v) is 2.04. The lowest BCUT2D eigenvalue weighted by Crippen LogP contribution is -1.97. The van der Waals surface area contributed by atoms with E-state index in [1.165, 1.54) is 17.8 Å². The molecule has 0 spiro atoms. The van der Waals surface area contributed by atoms with E-state index in [1.54, 1.807) is 6.07 Å². The van der Waals surface area contributed by atoms with Gasteiger partial charge in [-0.25, -0.2) is 4.79 Å². The lowest BCUT2D eigenvalue weighted by Gasteiger charge is -2.04. The average molecular weight is 217 g/mol. The van der Waals surface area contributed by atoms with Crippen molar-refractivity contribution in [2.24, 2.45) is 0 Å². The maximum absolute atomic E-state index is 10.7. The lowest BCUT2D eigenvalue weighted by atomic mass is 10.2. The molecule has 0 unspecified atom stereocenters. The van der Waals surface area contributed by atoms with Crippen LogP contribution in [0, 0.1) is 0 Å². The standard InChI is InChI=1S/C9H9ClO2S/c1-2-13-7-5-3-4-6(8(7)10)9(11)12/h3-5H,2H2,1H3,(H,11,12). The Morgan fingerprint density at radius 1 is 1.62 bits per heavy atom. The van der Waals surface area contributed by atoms with Crippen molar-refractivity contribution in [2.45, 2.75) is 11.8 Å². The van der Waals surface area contributed by atoms with Crippen LogP contribution in [0.1, 0.15) is 17.3 Å². The Morgan fingerprint density at radius 3 is 2.85 bits per heavy atom. The predicted molar refractivity (Wildman–Crippen MR) is 54.8 cm³/mol. The van der Waals surface area contributed by atoms with E-state index in [9.17, 15) is 4.79 Å². The molecular weight excluding hydrogens is 208 g/mol. The maximum atomic E-state index is 10.7. The van der Waals surface area contributed by atoms with Crippen LogP contribution in [-0.4, -0.2) is 16.8 Å². The Hall–Kier alpha value is -0.670. The summed E-state index contributed by atoms with van der Waals surface area (Å²) in [6, 6.07) is 5.03. The molecule has 0 fully saturated rings. The molecule has 0 radical (unpaired) electrons. The van der Waals surface area contributed by atoms with Crippen molar-refractivity contribution in [1.29, 1.82) is 0 Å². The Bertz CT molecular complexity index is 325. The normalized spacial score (nSPS) is 10.0. The first-order chi connectivity index (χ1) is 6.16. The minimum absolute atomic E-state index is 0.167. The lowest BCUT2D eigenvalue weighted by molar-refractivity contribution is 0.0697.